The average Bonchev–Trinajstić information content (AvgIpc) is 3.26. The van der Waals surface area contributed by atoms with Crippen LogP contribution in [0.5, 0.6) is 0 Å². The molecule has 3 fully saturated rings. The third-order valence-corrected chi connectivity index (χ3v) is 5.52. The molecule has 128 valence electrons. The zero-order valence-electron chi connectivity index (χ0n) is 13.7. The standard InChI is InChI=1S/C18H23N3O3/c22-16(15-4-2-1-3-14(15)13-5-8-19-11-13)21-9-6-18(7-10-21)12-20-17(23)24-18/h1-4,13,19H,5-12H2,(H,20,23). The Kier molecular flexibility index (Phi) is 3.92. The molecule has 1 spiro atoms. The monoisotopic (exact) mass is 329 g/mol. The number of rotatable bonds is 2. The average molecular weight is 329 g/mol. The van der Waals surface area contributed by atoms with E-state index in [1.54, 1.807) is 0 Å². The van der Waals surface area contributed by atoms with E-state index in [0.29, 0.717) is 38.4 Å². The first-order valence-electron chi connectivity index (χ1n) is 8.73. The van der Waals surface area contributed by atoms with E-state index in [1.807, 2.05) is 23.1 Å². The second-order valence-electron chi connectivity index (χ2n) is 7.00. The van der Waals surface area contributed by atoms with Crippen molar-refractivity contribution < 1.29 is 14.3 Å². The molecule has 1 aromatic carbocycles. The molecule has 3 saturated heterocycles. The van der Waals surface area contributed by atoms with Crippen LogP contribution in [0.15, 0.2) is 24.3 Å². The van der Waals surface area contributed by atoms with Crippen molar-refractivity contribution >= 4 is 12.0 Å². The number of hydrogen-bond acceptors (Lipinski definition) is 4. The van der Waals surface area contributed by atoms with Crippen LogP contribution in [0.3, 0.4) is 0 Å². The molecule has 6 nitrogen and oxygen atoms in total. The molecule has 1 atom stereocenters. The van der Waals surface area contributed by atoms with Crippen LogP contribution >= 0.6 is 0 Å². The van der Waals surface area contributed by atoms with Crippen LogP contribution in [0.2, 0.25) is 0 Å². The molecule has 3 aliphatic heterocycles. The summed E-state index contributed by atoms with van der Waals surface area (Å²) in [6, 6.07) is 7.98. The number of piperidine rings is 1. The lowest BCUT2D eigenvalue weighted by Crippen LogP contribution is -2.48. The van der Waals surface area contributed by atoms with E-state index in [1.165, 1.54) is 0 Å². The maximum atomic E-state index is 13.0. The number of nitrogens with zero attached hydrogens (tertiary/aromatic N) is 1. The van der Waals surface area contributed by atoms with Gasteiger partial charge in [0.05, 0.1) is 6.54 Å². The highest BCUT2D eigenvalue weighted by Crippen LogP contribution is 2.31. The maximum Gasteiger partial charge on any atom is 0.407 e. The van der Waals surface area contributed by atoms with Crippen LogP contribution in [0.25, 0.3) is 0 Å². The summed E-state index contributed by atoms with van der Waals surface area (Å²) in [5, 5.41) is 6.10. The number of amides is 2. The first kappa shape index (κ1) is 15.4. The van der Waals surface area contributed by atoms with Crippen LogP contribution in [0.4, 0.5) is 4.79 Å². The number of hydrogen-bond donors (Lipinski definition) is 2. The van der Waals surface area contributed by atoms with Gasteiger partial charge in [-0.15, -0.1) is 0 Å². The third-order valence-electron chi connectivity index (χ3n) is 5.52. The number of ether oxygens (including phenoxy) is 1. The highest BCUT2D eigenvalue weighted by atomic mass is 16.6. The lowest BCUT2D eigenvalue weighted by Gasteiger charge is -2.37. The van der Waals surface area contributed by atoms with Gasteiger partial charge in [0.2, 0.25) is 0 Å². The Morgan fingerprint density at radius 3 is 2.71 bits per heavy atom. The number of likely N-dealkylation sites (tertiary alicyclic amines) is 1. The Labute approximate surface area is 141 Å². The van der Waals surface area contributed by atoms with Crippen molar-refractivity contribution in [1.29, 1.82) is 0 Å². The zero-order valence-corrected chi connectivity index (χ0v) is 13.7. The lowest BCUT2D eigenvalue weighted by atomic mass is 9.89. The molecule has 2 N–H and O–H groups in total. The molecule has 1 aromatic rings. The van der Waals surface area contributed by atoms with Gasteiger partial charge in [0.15, 0.2) is 0 Å². The van der Waals surface area contributed by atoms with Crippen molar-refractivity contribution in [2.24, 2.45) is 0 Å². The summed E-state index contributed by atoms with van der Waals surface area (Å²) in [7, 11) is 0. The number of alkyl carbamates (subject to hydrolysis) is 1. The molecule has 3 aliphatic rings. The van der Waals surface area contributed by atoms with Gasteiger partial charge in [-0.25, -0.2) is 4.79 Å². The smallest absolute Gasteiger partial charge is 0.407 e. The van der Waals surface area contributed by atoms with Crippen molar-refractivity contribution in [3.05, 3.63) is 35.4 Å². The van der Waals surface area contributed by atoms with Crippen molar-refractivity contribution in [2.75, 3.05) is 32.7 Å². The highest BCUT2D eigenvalue weighted by Gasteiger charge is 2.43. The minimum absolute atomic E-state index is 0.102. The fourth-order valence-corrected chi connectivity index (χ4v) is 4.04. The molecular weight excluding hydrogens is 306 g/mol. The minimum atomic E-state index is -0.414. The van der Waals surface area contributed by atoms with Crippen LogP contribution in [-0.2, 0) is 4.74 Å². The van der Waals surface area contributed by atoms with E-state index in [0.717, 1.165) is 30.6 Å². The van der Waals surface area contributed by atoms with Crippen LogP contribution in [0, 0.1) is 0 Å². The summed E-state index contributed by atoms with van der Waals surface area (Å²) in [6.07, 6.45) is 2.14. The van der Waals surface area contributed by atoms with E-state index in [2.05, 4.69) is 16.7 Å². The molecular formula is C18H23N3O3. The number of nitrogens with one attached hydrogen (secondary N) is 2. The van der Waals surface area contributed by atoms with Gasteiger partial charge in [-0.3, -0.25) is 4.79 Å². The molecule has 0 saturated carbocycles. The topological polar surface area (TPSA) is 70.7 Å². The van der Waals surface area contributed by atoms with Gasteiger partial charge in [0.1, 0.15) is 5.60 Å². The molecule has 0 aromatic heterocycles. The molecule has 6 heteroatoms. The summed E-state index contributed by atoms with van der Waals surface area (Å²) >= 11 is 0. The molecule has 0 aliphatic carbocycles. The van der Waals surface area contributed by atoms with Crippen LogP contribution < -0.4 is 10.6 Å². The zero-order chi connectivity index (χ0) is 16.6. The van der Waals surface area contributed by atoms with Gasteiger partial charge in [0, 0.05) is 38.0 Å². The quantitative estimate of drug-likeness (QED) is 0.862. The summed E-state index contributed by atoms with van der Waals surface area (Å²) in [5.41, 5.74) is 1.56. The fraction of sp³-hybridized carbons (Fsp3) is 0.556. The Hall–Kier alpha value is -2.08. The second-order valence-corrected chi connectivity index (χ2v) is 7.00. The van der Waals surface area contributed by atoms with Gasteiger partial charge < -0.3 is 20.3 Å². The van der Waals surface area contributed by atoms with E-state index in [-0.39, 0.29) is 12.0 Å². The van der Waals surface area contributed by atoms with Crippen molar-refractivity contribution in [1.82, 2.24) is 15.5 Å². The fourth-order valence-electron chi connectivity index (χ4n) is 4.04. The van der Waals surface area contributed by atoms with Gasteiger partial charge in [0.25, 0.3) is 5.91 Å². The normalized spacial score (nSPS) is 25.6. The lowest BCUT2D eigenvalue weighted by molar-refractivity contribution is 0.00327. The molecule has 2 amide bonds. The van der Waals surface area contributed by atoms with Crippen LogP contribution in [0.1, 0.15) is 41.1 Å². The predicted octanol–water partition coefficient (Wildman–Crippen LogP) is 1.48. The Morgan fingerprint density at radius 2 is 2.04 bits per heavy atom. The Balaban J connectivity index is 1.48. The minimum Gasteiger partial charge on any atom is -0.441 e. The summed E-state index contributed by atoms with van der Waals surface area (Å²) in [6.45, 7) is 3.76. The van der Waals surface area contributed by atoms with Crippen molar-refractivity contribution in [2.45, 2.75) is 30.8 Å². The first-order valence-corrected chi connectivity index (χ1v) is 8.73. The highest BCUT2D eigenvalue weighted by molar-refractivity contribution is 5.96. The Bertz CT molecular complexity index is 647. The molecule has 24 heavy (non-hydrogen) atoms. The maximum absolute atomic E-state index is 13.0. The van der Waals surface area contributed by atoms with Gasteiger partial charge in [-0.1, -0.05) is 18.2 Å². The largest absolute Gasteiger partial charge is 0.441 e. The first-order chi connectivity index (χ1) is 11.7. The van der Waals surface area contributed by atoms with E-state index < -0.39 is 5.60 Å². The third kappa shape index (κ3) is 2.75. The summed E-state index contributed by atoms with van der Waals surface area (Å²) < 4.78 is 5.43. The van der Waals surface area contributed by atoms with Gasteiger partial charge in [-0.2, -0.15) is 0 Å². The molecule has 3 heterocycles. The van der Waals surface area contributed by atoms with E-state index in [4.69, 9.17) is 4.74 Å². The van der Waals surface area contributed by atoms with Crippen LogP contribution in [-0.4, -0.2) is 55.2 Å². The molecule has 1 unspecified atom stereocenters. The van der Waals surface area contributed by atoms with Crippen molar-refractivity contribution in [3.63, 3.8) is 0 Å². The predicted molar refractivity (Wildman–Crippen MR) is 89.0 cm³/mol. The number of carbonyl (C=O) groups excluding carboxylic acids is 2. The second kappa shape index (κ2) is 6.09. The van der Waals surface area contributed by atoms with Gasteiger partial charge >= 0.3 is 6.09 Å². The molecule has 0 bridgehead atoms. The molecule has 0 radical (unpaired) electrons. The van der Waals surface area contributed by atoms with E-state index in [9.17, 15) is 9.59 Å². The summed E-state index contributed by atoms with van der Waals surface area (Å²) in [4.78, 5) is 26.3. The van der Waals surface area contributed by atoms with Gasteiger partial charge in [-0.05, 0) is 30.5 Å². The Morgan fingerprint density at radius 1 is 1.25 bits per heavy atom. The number of benzene rings is 1. The summed E-state index contributed by atoms with van der Waals surface area (Å²) in [5.74, 6) is 0.519. The van der Waals surface area contributed by atoms with E-state index >= 15 is 0 Å². The molecule has 4 rings (SSSR count). The SMILES string of the molecule is O=C1NCC2(CCN(C(=O)c3ccccc3C3CCNC3)CC2)O1. The van der Waals surface area contributed by atoms with Crippen molar-refractivity contribution in [3.8, 4) is 0 Å². The number of carbonyl (C=O) groups is 2.